The molecule has 3 nitrogen and oxygen atoms in total. The number of unbranched alkanes of at least 4 members (excludes halogenated alkanes) is 12. The van der Waals surface area contributed by atoms with E-state index in [0.717, 1.165) is 37.7 Å². The molecule has 0 aliphatic carbocycles. The molecule has 4 heteroatoms. The summed E-state index contributed by atoms with van der Waals surface area (Å²) in [5.41, 5.74) is 0.907. The van der Waals surface area contributed by atoms with Gasteiger partial charge in [-0.25, -0.2) is 0 Å². The van der Waals surface area contributed by atoms with Gasteiger partial charge in [-0.1, -0.05) is 0 Å². The summed E-state index contributed by atoms with van der Waals surface area (Å²) in [4.78, 5) is 32.4. The van der Waals surface area contributed by atoms with Crippen LogP contribution in [0.2, 0.25) is 0 Å². The molecular formula is C24H45O3P. The zero-order valence-corrected chi connectivity index (χ0v) is 19.3. The van der Waals surface area contributed by atoms with E-state index in [1.165, 1.54) is 57.8 Å². The van der Waals surface area contributed by atoms with Gasteiger partial charge in [-0.3, -0.25) is 0 Å². The van der Waals surface area contributed by atoms with Crippen LogP contribution < -0.4 is 5.30 Å². The second-order valence-electron chi connectivity index (χ2n) is 8.50. The van der Waals surface area contributed by atoms with E-state index in [-0.39, 0.29) is 6.16 Å². The van der Waals surface area contributed by atoms with E-state index >= 15 is 0 Å². The fraction of sp³-hybridized carbons (Fsp3) is 0.750. The summed E-state index contributed by atoms with van der Waals surface area (Å²) in [6.07, 6.45) is 17.2. The van der Waals surface area contributed by atoms with Gasteiger partial charge in [0.1, 0.15) is 0 Å². The minimum absolute atomic E-state index is 0.0907. The van der Waals surface area contributed by atoms with Gasteiger partial charge in [-0.05, 0) is 0 Å². The van der Waals surface area contributed by atoms with E-state index in [9.17, 15) is 14.7 Å². The number of aryl methyl sites for hydroxylation is 1. The van der Waals surface area contributed by atoms with E-state index in [2.05, 4.69) is 13.8 Å². The summed E-state index contributed by atoms with van der Waals surface area (Å²) in [5.74, 6) is 0. The Morgan fingerprint density at radius 3 is 1.64 bits per heavy atom. The first kappa shape index (κ1) is 25.6. The molecule has 0 heterocycles. The standard InChI is InChI=1S/C24H45O3P/c1-3-5-7-9-11-13-15-19-23-20-16-17-21-24(23)28(25,26,27)22-18-14-12-10-8-6-4-2/h16-17,20-21,25-27H,3-15,18-19,22H2,1-2H3. The molecule has 0 aliphatic rings. The molecular weight excluding hydrogens is 367 g/mol. The minimum atomic E-state index is -4.77. The molecule has 1 rings (SSSR count). The molecule has 0 radical (unpaired) electrons. The molecule has 0 saturated carbocycles. The van der Waals surface area contributed by atoms with Gasteiger partial charge < -0.3 is 0 Å². The summed E-state index contributed by atoms with van der Waals surface area (Å²) in [5, 5.41) is 0.394. The van der Waals surface area contributed by atoms with Gasteiger partial charge in [0.25, 0.3) is 0 Å². The third-order valence-corrected chi connectivity index (χ3v) is 8.27. The van der Waals surface area contributed by atoms with Gasteiger partial charge in [0.2, 0.25) is 0 Å². The van der Waals surface area contributed by atoms with E-state index in [1.54, 1.807) is 12.1 Å². The van der Waals surface area contributed by atoms with Gasteiger partial charge >= 0.3 is 173 Å². The van der Waals surface area contributed by atoms with Gasteiger partial charge in [0.05, 0.1) is 0 Å². The van der Waals surface area contributed by atoms with Crippen molar-refractivity contribution in [1.82, 2.24) is 0 Å². The Balaban J connectivity index is 2.49. The summed E-state index contributed by atoms with van der Waals surface area (Å²) in [6, 6.07) is 7.40. The van der Waals surface area contributed by atoms with Gasteiger partial charge in [0, 0.05) is 0 Å². The van der Waals surface area contributed by atoms with E-state index < -0.39 is 7.28 Å². The van der Waals surface area contributed by atoms with Gasteiger partial charge in [-0.2, -0.15) is 0 Å². The predicted octanol–water partition coefficient (Wildman–Crippen LogP) is 6.63. The van der Waals surface area contributed by atoms with Gasteiger partial charge in [0.15, 0.2) is 0 Å². The average Bonchev–Trinajstić information content (AvgIpc) is 2.66. The van der Waals surface area contributed by atoms with E-state index in [1.807, 2.05) is 12.1 Å². The zero-order chi connectivity index (χ0) is 20.7. The molecule has 1 aromatic rings. The fourth-order valence-corrected chi connectivity index (χ4v) is 6.14. The molecule has 0 fully saturated rings. The number of rotatable bonds is 17. The molecule has 28 heavy (non-hydrogen) atoms. The molecule has 1 aromatic carbocycles. The average molecular weight is 413 g/mol. The Morgan fingerprint density at radius 2 is 1.07 bits per heavy atom. The summed E-state index contributed by atoms with van der Waals surface area (Å²) < 4.78 is 0. The second kappa shape index (κ2) is 13.7. The van der Waals surface area contributed by atoms with Crippen LogP contribution in [0.1, 0.15) is 109 Å². The van der Waals surface area contributed by atoms with Crippen LogP contribution in [0.4, 0.5) is 0 Å². The summed E-state index contributed by atoms with van der Waals surface area (Å²) in [7, 11) is -4.77. The van der Waals surface area contributed by atoms with Crippen LogP contribution in [0.15, 0.2) is 24.3 Å². The molecule has 0 amide bonds. The van der Waals surface area contributed by atoms with Crippen molar-refractivity contribution in [3.8, 4) is 0 Å². The first-order valence-electron chi connectivity index (χ1n) is 11.7. The van der Waals surface area contributed by atoms with Crippen molar-refractivity contribution in [3.63, 3.8) is 0 Å². The second-order valence-corrected chi connectivity index (χ2v) is 11.7. The third-order valence-electron chi connectivity index (χ3n) is 5.71. The van der Waals surface area contributed by atoms with Crippen molar-refractivity contribution >= 4 is 12.6 Å². The van der Waals surface area contributed by atoms with Crippen molar-refractivity contribution in [2.45, 2.75) is 110 Å². The Bertz CT molecular complexity index is 522. The first-order valence-corrected chi connectivity index (χ1v) is 14.0. The molecule has 0 spiro atoms. The van der Waals surface area contributed by atoms with Crippen molar-refractivity contribution in [2.24, 2.45) is 0 Å². The van der Waals surface area contributed by atoms with Crippen LogP contribution in [-0.2, 0) is 6.42 Å². The topological polar surface area (TPSA) is 60.7 Å². The normalized spacial score (nSPS) is 13.4. The van der Waals surface area contributed by atoms with Crippen LogP contribution in [0.5, 0.6) is 0 Å². The molecule has 0 aliphatic heterocycles. The molecule has 164 valence electrons. The molecule has 3 N–H and O–H groups in total. The van der Waals surface area contributed by atoms with Crippen LogP contribution in [-0.4, -0.2) is 20.8 Å². The third kappa shape index (κ3) is 10.3. The first-order chi connectivity index (χ1) is 13.4. The molecule has 0 bridgehead atoms. The molecule has 0 aromatic heterocycles. The monoisotopic (exact) mass is 412 g/mol. The molecule has 0 unspecified atom stereocenters. The summed E-state index contributed by atoms with van der Waals surface area (Å²) >= 11 is 0. The number of hydrogen-bond donors (Lipinski definition) is 3. The Hall–Kier alpha value is -0.470. The maximum absolute atomic E-state index is 10.8. The van der Waals surface area contributed by atoms with Crippen molar-refractivity contribution in [1.29, 1.82) is 0 Å². The molecule has 0 saturated heterocycles. The maximum atomic E-state index is 10.8. The quantitative estimate of drug-likeness (QED) is 0.199. The van der Waals surface area contributed by atoms with Crippen LogP contribution >= 0.6 is 7.28 Å². The predicted molar refractivity (Wildman–Crippen MR) is 124 cm³/mol. The van der Waals surface area contributed by atoms with E-state index in [0.29, 0.717) is 11.7 Å². The Kier molecular flexibility index (Phi) is 12.5. The number of hydrogen-bond acceptors (Lipinski definition) is 3. The fourth-order valence-electron chi connectivity index (χ4n) is 3.92. The van der Waals surface area contributed by atoms with Crippen molar-refractivity contribution in [2.75, 3.05) is 6.16 Å². The Labute approximate surface area is 173 Å². The number of benzene rings is 1. The molecule has 0 atom stereocenters. The van der Waals surface area contributed by atoms with Gasteiger partial charge in [-0.15, -0.1) is 0 Å². The van der Waals surface area contributed by atoms with Crippen LogP contribution in [0.3, 0.4) is 0 Å². The zero-order valence-electron chi connectivity index (χ0n) is 18.4. The van der Waals surface area contributed by atoms with E-state index in [4.69, 9.17) is 0 Å². The summed E-state index contributed by atoms with van der Waals surface area (Å²) in [6.45, 7) is 4.43. The van der Waals surface area contributed by atoms with Crippen LogP contribution in [0.25, 0.3) is 0 Å². The SMILES string of the molecule is CCCCCCCCCc1ccccc1P(O)(O)(O)CCCCCCCCC. The Morgan fingerprint density at radius 1 is 0.607 bits per heavy atom. The van der Waals surface area contributed by atoms with Crippen molar-refractivity contribution in [3.05, 3.63) is 29.8 Å². The van der Waals surface area contributed by atoms with Crippen molar-refractivity contribution < 1.29 is 14.7 Å². The van der Waals surface area contributed by atoms with Crippen LogP contribution in [0, 0.1) is 0 Å².